The molecule has 3 fully saturated rings. The van der Waals surface area contributed by atoms with Gasteiger partial charge in [0.1, 0.15) is 6.10 Å². The molecule has 8 atom stereocenters. The van der Waals surface area contributed by atoms with Gasteiger partial charge in [-0.2, -0.15) is 0 Å². The summed E-state index contributed by atoms with van der Waals surface area (Å²) in [6.45, 7) is 17.1. The van der Waals surface area contributed by atoms with E-state index in [0.717, 1.165) is 80.0 Å². The Kier molecular flexibility index (Phi) is 16.8. The van der Waals surface area contributed by atoms with Gasteiger partial charge in [0.25, 0.3) is 0 Å². The third-order valence-corrected chi connectivity index (χ3v) is 14.6. The van der Waals surface area contributed by atoms with Gasteiger partial charge < -0.3 is 9.47 Å². The van der Waals surface area contributed by atoms with Crippen molar-refractivity contribution in [3.63, 3.8) is 0 Å². The van der Waals surface area contributed by atoms with Crippen molar-refractivity contribution in [3.05, 3.63) is 11.6 Å². The summed E-state index contributed by atoms with van der Waals surface area (Å²) in [7, 11) is 0. The Morgan fingerprint density at radius 1 is 0.700 bits per heavy atom. The maximum absolute atomic E-state index is 12.6. The predicted octanol–water partition coefficient (Wildman–Crippen LogP) is 14.2. The Balaban J connectivity index is 1.10. The number of unbranched alkanes of at least 4 members (excludes halogenated alkanes) is 11. The van der Waals surface area contributed by atoms with Gasteiger partial charge in [0.15, 0.2) is 0 Å². The molecule has 4 nitrogen and oxygen atoms in total. The van der Waals surface area contributed by atoms with Crippen LogP contribution in [0.25, 0.3) is 0 Å². The van der Waals surface area contributed by atoms with Crippen LogP contribution in [0.1, 0.15) is 209 Å². The van der Waals surface area contributed by atoms with E-state index in [2.05, 4.69) is 54.5 Å². The number of ether oxygens (including phenoxy) is 2. The summed E-state index contributed by atoms with van der Waals surface area (Å²) in [6, 6.07) is 0. The second kappa shape index (κ2) is 20.2. The van der Waals surface area contributed by atoms with Crippen LogP contribution in [0.5, 0.6) is 0 Å². The molecule has 4 heteroatoms. The molecule has 0 spiro atoms. The number of hydrogen-bond acceptors (Lipinski definition) is 4. The van der Waals surface area contributed by atoms with Gasteiger partial charge in [-0.3, -0.25) is 4.79 Å². The zero-order chi connectivity index (χ0) is 36.1. The molecule has 0 unspecified atom stereocenters. The first kappa shape index (κ1) is 41.4. The molecule has 0 saturated heterocycles. The van der Waals surface area contributed by atoms with Crippen LogP contribution in [-0.4, -0.2) is 18.2 Å². The van der Waals surface area contributed by atoms with Gasteiger partial charge >= 0.3 is 12.1 Å². The molecule has 4 aliphatic rings. The molecule has 3 saturated carbocycles. The van der Waals surface area contributed by atoms with Crippen molar-refractivity contribution in [2.24, 2.45) is 52.3 Å². The maximum Gasteiger partial charge on any atom is 0.516 e. The highest BCUT2D eigenvalue weighted by Gasteiger charge is 2.59. The Bertz CT molecular complexity index is 1060. The highest BCUT2D eigenvalue weighted by atomic mass is 16.7. The SMILES string of the molecule is CC(C)CCCCCCCCCCCCCCC(=O)OC(=O)O[C@H]1CC[C@@]2(C)C(=CC[C@H]3[C@@H]4CC[C@H]([C@H](C)CCCC(C)C)[C@@]4(C)CC[C@@H]32)C1. The molecule has 0 aliphatic heterocycles. The van der Waals surface area contributed by atoms with Crippen LogP contribution in [0.2, 0.25) is 0 Å². The second-order valence-electron chi connectivity index (χ2n) is 19.2. The van der Waals surface area contributed by atoms with Crippen LogP contribution in [0, 0.1) is 52.3 Å². The highest BCUT2D eigenvalue weighted by Crippen LogP contribution is 2.67. The first-order chi connectivity index (χ1) is 23.9. The van der Waals surface area contributed by atoms with Gasteiger partial charge in [-0.25, -0.2) is 4.79 Å². The average Bonchev–Trinajstić information content (AvgIpc) is 3.42. The van der Waals surface area contributed by atoms with Crippen molar-refractivity contribution in [2.75, 3.05) is 0 Å². The van der Waals surface area contributed by atoms with Crippen molar-refractivity contribution in [1.82, 2.24) is 0 Å². The van der Waals surface area contributed by atoms with Gasteiger partial charge in [-0.1, -0.05) is 156 Å². The Morgan fingerprint density at radius 2 is 1.30 bits per heavy atom. The average molecular weight is 697 g/mol. The fraction of sp³-hybridized carbons (Fsp3) is 0.913. The molecule has 0 bridgehead atoms. The highest BCUT2D eigenvalue weighted by molar-refractivity contribution is 5.81. The van der Waals surface area contributed by atoms with Crippen LogP contribution >= 0.6 is 0 Å². The first-order valence-electron chi connectivity index (χ1n) is 22.0. The van der Waals surface area contributed by atoms with Crippen LogP contribution in [0.15, 0.2) is 11.6 Å². The van der Waals surface area contributed by atoms with E-state index in [9.17, 15) is 9.59 Å². The van der Waals surface area contributed by atoms with Gasteiger partial charge in [0, 0.05) is 12.8 Å². The van der Waals surface area contributed by atoms with E-state index < -0.39 is 12.1 Å². The molecule has 50 heavy (non-hydrogen) atoms. The molecule has 0 aromatic heterocycles. The van der Waals surface area contributed by atoms with Crippen molar-refractivity contribution in [1.29, 1.82) is 0 Å². The minimum atomic E-state index is -0.786. The lowest BCUT2D eigenvalue weighted by molar-refractivity contribution is -0.141. The molecule has 0 radical (unpaired) electrons. The zero-order valence-corrected chi connectivity index (χ0v) is 34.0. The van der Waals surface area contributed by atoms with E-state index in [1.807, 2.05) is 0 Å². The molecule has 4 rings (SSSR count). The number of allylic oxidation sites excluding steroid dienone is 1. The fourth-order valence-electron chi connectivity index (χ4n) is 11.6. The van der Waals surface area contributed by atoms with Gasteiger partial charge in [0.2, 0.25) is 0 Å². The van der Waals surface area contributed by atoms with Gasteiger partial charge in [0.05, 0.1) is 0 Å². The van der Waals surface area contributed by atoms with Crippen LogP contribution < -0.4 is 0 Å². The van der Waals surface area contributed by atoms with Crippen molar-refractivity contribution < 1.29 is 19.1 Å². The lowest BCUT2D eigenvalue weighted by Crippen LogP contribution is -2.51. The fourth-order valence-corrected chi connectivity index (χ4v) is 11.6. The number of esters is 1. The quantitative estimate of drug-likeness (QED) is 0.0519. The minimum absolute atomic E-state index is 0.174. The van der Waals surface area contributed by atoms with Crippen molar-refractivity contribution in [3.8, 4) is 0 Å². The Morgan fingerprint density at radius 3 is 1.94 bits per heavy atom. The summed E-state index contributed by atoms with van der Waals surface area (Å²) in [6.07, 6.45) is 32.1. The molecule has 288 valence electrons. The number of rotatable bonds is 21. The summed E-state index contributed by atoms with van der Waals surface area (Å²) in [4.78, 5) is 25.0. The molecule has 0 amide bonds. The number of carbonyl (C=O) groups excluding carboxylic acids is 2. The lowest BCUT2D eigenvalue weighted by Gasteiger charge is -2.58. The molecule has 4 aliphatic carbocycles. The molecular weight excluding hydrogens is 617 g/mol. The van der Waals surface area contributed by atoms with E-state index in [1.54, 1.807) is 0 Å². The largest absolute Gasteiger partial charge is 0.516 e. The summed E-state index contributed by atoms with van der Waals surface area (Å²) in [5, 5.41) is 0. The first-order valence-corrected chi connectivity index (χ1v) is 22.0. The summed E-state index contributed by atoms with van der Waals surface area (Å²) in [5.41, 5.74) is 2.23. The topological polar surface area (TPSA) is 52.6 Å². The summed E-state index contributed by atoms with van der Waals surface area (Å²) >= 11 is 0. The number of carbonyl (C=O) groups is 2. The third kappa shape index (κ3) is 11.6. The second-order valence-corrected chi connectivity index (χ2v) is 19.2. The van der Waals surface area contributed by atoms with E-state index in [-0.39, 0.29) is 11.5 Å². The van der Waals surface area contributed by atoms with Crippen LogP contribution in [-0.2, 0) is 14.3 Å². The predicted molar refractivity (Wildman–Crippen MR) is 209 cm³/mol. The molecule has 0 aromatic rings. The van der Waals surface area contributed by atoms with Crippen LogP contribution in [0.4, 0.5) is 4.79 Å². The van der Waals surface area contributed by atoms with Crippen molar-refractivity contribution >= 4 is 12.1 Å². The van der Waals surface area contributed by atoms with E-state index in [0.29, 0.717) is 11.8 Å². The monoisotopic (exact) mass is 697 g/mol. The molecule has 0 aromatic carbocycles. The van der Waals surface area contributed by atoms with Gasteiger partial charge in [-0.15, -0.1) is 0 Å². The number of fused-ring (bicyclic) bond motifs is 5. The molecular formula is C46H80O4. The Hall–Kier alpha value is -1.32. The molecule has 0 heterocycles. The minimum Gasteiger partial charge on any atom is -0.430 e. The van der Waals surface area contributed by atoms with Gasteiger partial charge in [-0.05, 0) is 104 Å². The third-order valence-electron chi connectivity index (χ3n) is 14.6. The van der Waals surface area contributed by atoms with Crippen molar-refractivity contribution in [2.45, 2.75) is 215 Å². The van der Waals surface area contributed by atoms with E-state index in [4.69, 9.17) is 9.47 Å². The Labute approximate surface area is 309 Å². The summed E-state index contributed by atoms with van der Waals surface area (Å²) in [5.74, 6) is 5.36. The summed E-state index contributed by atoms with van der Waals surface area (Å²) < 4.78 is 10.9. The zero-order valence-electron chi connectivity index (χ0n) is 34.0. The number of hydrogen-bond donors (Lipinski definition) is 0. The normalized spacial score (nSPS) is 31.1. The van der Waals surface area contributed by atoms with E-state index >= 15 is 0 Å². The maximum atomic E-state index is 12.6. The standard InChI is InChI=1S/C46H80O4/c1-34(2)21-18-16-14-12-10-8-9-11-13-15-17-19-24-43(47)50-44(48)49-38-29-31-45(6)37(33-38)25-26-39-41-28-27-40(36(5)23-20-22-35(3)4)46(41,7)32-30-42(39)45/h25,34-36,38-42H,8-24,26-33H2,1-7H3/t36-,38+,39+,40-,41+,42+,45+,46-/m1/s1. The van der Waals surface area contributed by atoms with Crippen LogP contribution in [0.3, 0.4) is 0 Å². The van der Waals surface area contributed by atoms with E-state index in [1.165, 1.54) is 121 Å². The smallest absolute Gasteiger partial charge is 0.430 e. The lowest BCUT2D eigenvalue weighted by atomic mass is 9.47. The molecule has 0 N–H and O–H groups in total.